The molecule has 0 fully saturated rings. The largest absolute Gasteiger partial charge is 0.345 e. The van der Waals surface area contributed by atoms with Gasteiger partial charge in [0.25, 0.3) is 5.91 Å². The van der Waals surface area contributed by atoms with Crippen LogP contribution in [0, 0.1) is 5.82 Å². The number of rotatable bonds is 5. The van der Waals surface area contributed by atoms with Crippen molar-refractivity contribution in [2.24, 2.45) is 0 Å². The highest BCUT2D eigenvalue weighted by atomic mass is 19.1. The van der Waals surface area contributed by atoms with Crippen LogP contribution in [-0.4, -0.2) is 25.9 Å². The minimum Gasteiger partial charge on any atom is -0.345 e. The summed E-state index contributed by atoms with van der Waals surface area (Å²) in [6.45, 7) is 5.95. The molecule has 0 radical (unpaired) electrons. The topological polar surface area (TPSA) is 75.6 Å². The normalized spacial score (nSPS) is 12.4. The maximum absolute atomic E-state index is 14.0. The van der Waals surface area contributed by atoms with Gasteiger partial charge in [-0.15, -0.1) is 0 Å². The zero-order valence-corrected chi connectivity index (χ0v) is 14.3. The summed E-state index contributed by atoms with van der Waals surface area (Å²) in [6, 6.07) is 6.28. The average molecular weight is 341 g/mol. The fourth-order valence-corrected chi connectivity index (χ4v) is 2.54. The number of amides is 1. The summed E-state index contributed by atoms with van der Waals surface area (Å²) in [4.78, 5) is 12.6. The van der Waals surface area contributed by atoms with Crippen LogP contribution < -0.4 is 5.32 Å². The number of hydrogen-bond donors (Lipinski definition) is 2. The van der Waals surface area contributed by atoms with E-state index in [1.54, 1.807) is 24.4 Å². The Morgan fingerprint density at radius 3 is 2.68 bits per heavy atom. The van der Waals surface area contributed by atoms with E-state index < -0.39 is 5.82 Å². The summed E-state index contributed by atoms with van der Waals surface area (Å²) in [5, 5.41) is 13.8. The van der Waals surface area contributed by atoms with Gasteiger partial charge >= 0.3 is 0 Å². The number of halogens is 1. The molecule has 0 bridgehead atoms. The van der Waals surface area contributed by atoms with Crippen LogP contribution in [0.2, 0.25) is 0 Å². The Balaban J connectivity index is 1.80. The lowest BCUT2D eigenvalue weighted by Gasteiger charge is -2.12. The Hall–Kier alpha value is -2.96. The lowest BCUT2D eigenvalue weighted by molar-refractivity contribution is 0.0940. The minimum absolute atomic E-state index is 0.233. The fourth-order valence-electron chi connectivity index (χ4n) is 2.54. The van der Waals surface area contributed by atoms with E-state index in [1.807, 2.05) is 31.6 Å². The summed E-state index contributed by atoms with van der Waals surface area (Å²) in [6.07, 6.45) is 5.04. The molecular weight excluding hydrogens is 321 g/mol. The maximum Gasteiger partial charge on any atom is 0.255 e. The molecule has 0 unspecified atom stereocenters. The van der Waals surface area contributed by atoms with Gasteiger partial charge in [-0.1, -0.05) is 12.1 Å². The Morgan fingerprint density at radius 1 is 1.24 bits per heavy atom. The lowest BCUT2D eigenvalue weighted by Crippen LogP contribution is -2.26. The van der Waals surface area contributed by atoms with Gasteiger partial charge in [0, 0.05) is 23.4 Å². The van der Waals surface area contributed by atoms with E-state index in [-0.39, 0.29) is 18.0 Å². The molecule has 2 heterocycles. The monoisotopic (exact) mass is 341 g/mol. The molecule has 0 aliphatic carbocycles. The van der Waals surface area contributed by atoms with Gasteiger partial charge in [-0.2, -0.15) is 10.2 Å². The van der Waals surface area contributed by atoms with Gasteiger partial charge < -0.3 is 5.32 Å². The summed E-state index contributed by atoms with van der Waals surface area (Å²) < 4.78 is 15.8. The van der Waals surface area contributed by atoms with Crippen LogP contribution in [0.1, 0.15) is 48.8 Å². The predicted octanol–water partition coefficient (Wildman–Crippen LogP) is 3.48. The van der Waals surface area contributed by atoms with Gasteiger partial charge in [-0.05, 0) is 32.9 Å². The first-order chi connectivity index (χ1) is 12.0. The molecule has 7 heteroatoms. The average Bonchev–Trinajstić information content (AvgIpc) is 3.25. The van der Waals surface area contributed by atoms with Crippen LogP contribution in [0.5, 0.6) is 0 Å². The highest BCUT2D eigenvalue weighted by Gasteiger charge is 2.20. The number of nitrogens with one attached hydrogen (secondary N) is 2. The number of aromatic amines is 1. The number of hydrogen-bond acceptors (Lipinski definition) is 3. The van der Waals surface area contributed by atoms with Crippen molar-refractivity contribution in [1.29, 1.82) is 0 Å². The number of nitrogens with zero attached hydrogens (tertiary/aromatic N) is 3. The first-order valence-electron chi connectivity index (χ1n) is 8.10. The standard InChI is InChI=1S/C18H20FN5O/c1-11(2)24-10-13(8-21-24)12(3)22-18(25)15-9-20-23-17(15)14-6-4-5-7-16(14)19/h4-12H,1-3H3,(H,20,23)(H,22,25)/t12-/m0/s1. The number of H-pyrrole nitrogens is 1. The van der Waals surface area contributed by atoms with Gasteiger partial charge in [-0.3, -0.25) is 14.6 Å². The Labute approximate surface area is 145 Å². The molecule has 0 saturated heterocycles. The van der Waals surface area contributed by atoms with Gasteiger partial charge in [0.2, 0.25) is 0 Å². The molecular formula is C18H20FN5O. The van der Waals surface area contributed by atoms with E-state index in [0.29, 0.717) is 16.8 Å². The second-order valence-electron chi connectivity index (χ2n) is 6.18. The van der Waals surface area contributed by atoms with Crippen LogP contribution >= 0.6 is 0 Å². The molecule has 25 heavy (non-hydrogen) atoms. The third-order valence-electron chi connectivity index (χ3n) is 4.03. The third kappa shape index (κ3) is 3.45. The van der Waals surface area contributed by atoms with Crippen molar-refractivity contribution in [3.8, 4) is 11.3 Å². The molecule has 0 aliphatic rings. The summed E-state index contributed by atoms with van der Waals surface area (Å²) >= 11 is 0. The van der Waals surface area contributed by atoms with Crippen molar-refractivity contribution < 1.29 is 9.18 Å². The van der Waals surface area contributed by atoms with Gasteiger partial charge in [-0.25, -0.2) is 4.39 Å². The van der Waals surface area contributed by atoms with Gasteiger partial charge in [0.05, 0.1) is 29.7 Å². The molecule has 0 aliphatic heterocycles. The third-order valence-corrected chi connectivity index (χ3v) is 4.03. The summed E-state index contributed by atoms with van der Waals surface area (Å²) in [5.74, 6) is -0.733. The Morgan fingerprint density at radius 2 is 2.00 bits per heavy atom. The molecule has 6 nitrogen and oxygen atoms in total. The molecule has 2 aromatic heterocycles. The maximum atomic E-state index is 14.0. The van der Waals surface area contributed by atoms with Crippen molar-refractivity contribution in [2.45, 2.75) is 32.9 Å². The van der Waals surface area contributed by atoms with Crippen molar-refractivity contribution in [1.82, 2.24) is 25.3 Å². The predicted molar refractivity (Wildman–Crippen MR) is 92.5 cm³/mol. The molecule has 1 aromatic carbocycles. The number of carbonyl (C=O) groups is 1. The molecule has 1 amide bonds. The molecule has 130 valence electrons. The molecule has 3 rings (SSSR count). The van der Waals surface area contributed by atoms with E-state index in [4.69, 9.17) is 0 Å². The smallest absolute Gasteiger partial charge is 0.255 e. The van der Waals surface area contributed by atoms with Crippen LogP contribution in [0.3, 0.4) is 0 Å². The molecule has 0 saturated carbocycles. The van der Waals surface area contributed by atoms with E-state index >= 15 is 0 Å². The highest BCUT2D eigenvalue weighted by Crippen LogP contribution is 2.24. The zero-order valence-electron chi connectivity index (χ0n) is 14.3. The van der Waals surface area contributed by atoms with Crippen LogP contribution in [0.25, 0.3) is 11.3 Å². The summed E-state index contributed by atoms with van der Waals surface area (Å²) in [5.41, 5.74) is 1.87. The first-order valence-corrected chi connectivity index (χ1v) is 8.10. The second kappa shape index (κ2) is 6.88. The Bertz CT molecular complexity index is 883. The fraction of sp³-hybridized carbons (Fsp3) is 0.278. The van der Waals surface area contributed by atoms with E-state index in [2.05, 4.69) is 20.6 Å². The van der Waals surface area contributed by atoms with E-state index in [0.717, 1.165) is 5.56 Å². The number of carbonyl (C=O) groups excluding carboxylic acids is 1. The van der Waals surface area contributed by atoms with Crippen molar-refractivity contribution >= 4 is 5.91 Å². The molecule has 0 spiro atoms. The molecule has 2 N–H and O–H groups in total. The highest BCUT2D eigenvalue weighted by molar-refractivity contribution is 5.99. The zero-order chi connectivity index (χ0) is 18.0. The minimum atomic E-state index is -0.410. The van der Waals surface area contributed by atoms with Crippen LogP contribution in [0.4, 0.5) is 4.39 Å². The second-order valence-corrected chi connectivity index (χ2v) is 6.18. The quantitative estimate of drug-likeness (QED) is 0.746. The van der Waals surface area contributed by atoms with Crippen molar-refractivity contribution in [3.05, 3.63) is 59.8 Å². The van der Waals surface area contributed by atoms with Crippen LogP contribution in [-0.2, 0) is 0 Å². The summed E-state index contributed by atoms with van der Waals surface area (Å²) in [7, 11) is 0. The molecule has 3 aromatic rings. The number of aromatic nitrogens is 4. The Kier molecular flexibility index (Phi) is 4.65. The van der Waals surface area contributed by atoms with E-state index in [9.17, 15) is 9.18 Å². The van der Waals surface area contributed by atoms with Crippen molar-refractivity contribution in [3.63, 3.8) is 0 Å². The molecule has 1 atom stereocenters. The van der Waals surface area contributed by atoms with E-state index in [1.165, 1.54) is 12.3 Å². The van der Waals surface area contributed by atoms with Gasteiger partial charge in [0.15, 0.2) is 0 Å². The van der Waals surface area contributed by atoms with Gasteiger partial charge in [0.1, 0.15) is 5.82 Å². The van der Waals surface area contributed by atoms with Crippen LogP contribution in [0.15, 0.2) is 42.9 Å². The number of benzene rings is 1. The lowest BCUT2D eigenvalue weighted by atomic mass is 10.1. The SMILES string of the molecule is CC(C)n1cc([C@H](C)NC(=O)c2cn[nH]c2-c2ccccc2F)cn1. The first kappa shape index (κ1) is 16.9. The van der Waals surface area contributed by atoms with Crippen molar-refractivity contribution in [2.75, 3.05) is 0 Å².